The third-order valence-corrected chi connectivity index (χ3v) is 5.48. The van der Waals surface area contributed by atoms with Crippen LogP contribution in [-0.2, 0) is 0 Å². The molecule has 0 radical (unpaired) electrons. The van der Waals surface area contributed by atoms with Crippen molar-refractivity contribution in [2.24, 2.45) is 0 Å². The molecule has 3 aromatic rings. The number of benzene rings is 1. The first-order valence-electron chi connectivity index (χ1n) is 10.1. The van der Waals surface area contributed by atoms with E-state index in [1.54, 1.807) is 18.3 Å². The van der Waals surface area contributed by atoms with E-state index in [1.165, 1.54) is 6.20 Å². The lowest BCUT2D eigenvalue weighted by atomic mass is 9.99. The van der Waals surface area contributed by atoms with Crippen molar-refractivity contribution in [1.29, 1.82) is 0 Å². The number of pyridine rings is 2. The molecule has 0 aliphatic carbocycles. The highest BCUT2D eigenvalue weighted by Crippen LogP contribution is 2.23. The number of rotatable bonds is 4. The summed E-state index contributed by atoms with van der Waals surface area (Å²) in [5, 5.41) is 3.82. The van der Waals surface area contributed by atoms with Gasteiger partial charge in [-0.25, -0.2) is 0 Å². The molecule has 148 valence electrons. The number of hydrogen-bond donors (Lipinski definition) is 1. The molecule has 1 aliphatic rings. The molecule has 6 heteroatoms. The molecule has 1 fully saturated rings. The second kappa shape index (κ2) is 8.39. The molecule has 3 heterocycles. The molecule has 29 heavy (non-hydrogen) atoms. The van der Waals surface area contributed by atoms with E-state index in [9.17, 15) is 9.59 Å². The lowest BCUT2D eigenvalue weighted by Crippen LogP contribution is -2.43. The molecule has 1 aromatic carbocycles. The third-order valence-electron chi connectivity index (χ3n) is 5.48. The maximum atomic E-state index is 13.0. The van der Waals surface area contributed by atoms with Crippen LogP contribution in [0.2, 0.25) is 0 Å². The summed E-state index contributed by atoms with van der Waals surface area (Å²) in [4.78, 5) is 36.3. The van der Waals surface area contributed by atoms with Gasteiger partial charge < -0.3 is 10.2 Å². The second-order valence-corrected chi connectivity index (χ2v) is 7.32. The maximum absolute atomic E-state index is 13.0. The Morgan fingerprint density at radius 3 is 2.83 bits per heavy atom. The van der Waals surface area contributed by atoms with Crippen LogP contribution >= 0.6 is 0 Å². The van der Waals surface area contributed by atoms with Crippen LogP contribution in [0, 0.1) is 0 Å². The Morgan fingerprint density at radius 2 is 1.97 bits per heavy atom. The summed E-state index contributed by atoms with van der Waals surface area (Å²) in [5.41, 5.74) is 2.05. The summed E-state index contributed by atoms with van der Waals surface area (Å²) in [6.45, 7) is 2.88. The number of nitrogens with one attached hydrogen (secondary N) is 1. The number of amides is 2. The van der Waals surface area contributed by atoms with Gasteiger partial charge >= 0.3 is 0 Å². The zero-order valence-electron chi connectivity index (χ0n) is 16.5. The van der Waals surface area contributed by atoms with Crippen molar-refractivity contribution in [3.63, 3.8) is 0 Å². The minimum absolute atomic E-state index is 0.0279. The zero-order chi connectivity index (χ0) is 20.2. The fourth-order valence-electron chi connectivity index (χ4n) is 3.94. The highest BCUT2D eigenvalue weighted by molar-refractivity contribution is 6.08. The van der Waals surface area contributed by atoms with Crippen molar-refractivity contribution in [3.8, 4) is 0 Å². The lowest BCUT2D eigenvalue weighted by Gasteiger charge is -2.35. The highest BCUT2D eigenvalue weighted by Gasteiger charge is 2.26. The van der Waals surface area contributed by atoms with Crippen LogP contribution in [0.1, 0.15) is 53.5 Å². The van der Waals surface area contributed by atoms with Crippen LogP contribution in [0.3, 0.4) is 0 Å². The van der Waals surface area contributed by atoms with Gasteiger partial charge in [0.1, 0.15) is 5.69 Å². The Bertz CT molecular complexity index is 1040. The lowest BCUT2D eigenvalue weighted by molar-refractivity contribution is 0.0608. The molecular formula is C23H24N4O2. The van der Waals surface area contributed by atoms with E-state index >= 15 is 0 Å². The molecule has 1 aliphatic heterocycles. The van der Waals surface area contributed by atoms with E-state index in [-0.39, 0.29) is 23.6 Å². The molecule has 2 amide bonds. The van der Waals surface area contributed by atoms with Gasteiger partial charge in [0.25, 0.3) is 11.8 Å². The van der Waals surface area contributed by atoms with E-state index in [0.29, 0.717) is 11.3 Å². The summed E-state index contributed by atoms with van der Waals surface area (Å²) in [5.74, 6) is -0.386. The molecule has 0 saturated carbocycles. The minimum Gasteiger partial charge on any atom is -0.336 e. The number of hydrogen-bond acceptors (Lipinski definition) is 4. The zero-order valence-corrected chi connectivity index (χ0v) is 16.5. The molecule has 6 nitrogen and oxygen atoms in total. The van der Waals surface area contributed by atoms with Crippen molar-refractivity contribution in [2.75, 3.05) is 11.9 Å². The molecule has 0 spiro atoms. The Hall–Kier alpha value is -3.28. The quantitative estimate of drug-likeness (QED) is 0.724. The van der Waals surface area contributed by atoms with Crippen molar-refractivity contribution in [1.82, 2.24) is 14.9 Å². The predicted octanol–water partition coefficient (Wildman–Crippen LogP) is 4.29. The minimum atomic E-state index is -0.358. The largest absolute Gasteiger partial charge is 0.336 e. The molecule has 1 unspecified atom stereocenters. The van der Waals surface area contributed by atoms with E-state index in [0.717, 1.165) is 43.1 Å². The van der Waals surface area contributed by atoms with Crippen LogP contribution in [0.25, 0.3) is 10.9 Å². The summed E-state index contributed by atoms with van der Waals surface area (Å²) in [6.07, 6.45) is 7.37. The van der Waals surface area contributed by atoms with E-state index in [2.05, 4.69) is 22.2 Å². The summed E-state index contributed by atoms with van der Waals surface area (Å²) in [7, 11) is 0. The Kier molecular flexibility index (Phi) is 5.51. The molecule has 1 saturated heterocycles. The van der Waals surface area contributed by atoms with Crippen molar-refractivity contribution in [3.05, 3.63) is 66.1 Å². The highest BCUT2D eigenvalue weighted by atomic mass is 16.2. The van der Waals surface area contributed by atoms with Gasteiger partial charge in [-0.2, -0.15) is 0 Å². The summed E-state index contributed by atoms with van der Waals surface area (Å²) in [6, 6.07) is 12.9. The van der Waals surface area contributed by atoms with Gasteiger partial charge in [-0.05, 0) is 49.9 Å². The number of likely N-dealkylation sites (tertiary alicyclic amines) is 1. The molecule has 2 aromatic heterocycles. The van der Waals surface area contributed by atoms with E-state index in [1.807, 2.05) is 35.2 Å². The van der Waals surface area contributed by atoms with Crippen molar-refractivity contribution < 1.29 is 9.59 Å². The average molecular weight is 388 g/mol. The first kappa shape index (κ1) is 19.1. The van der Waals surface area contributed by atoms with Crippen LogP contribution < -0.4 is 5.32 Å². The van der Waals surface area contributed by atoms with Crippen molar-refractivity contribution >= 4 is 28.4 Å². The van der Waals surface area contributed by atoms with Gasteiger partial charge in [-0.15, -0.1) is 0 Å². The number of fused-ring (bicyclic) bond motifs is 1. The predicted molar refractivity (Wildman–Crippen MR) is 113 cm³/mol. The van der Waals surface area contributed by atoms with Gasteiger partial charge in [0, 0.05) is 35.9 Å². The average Bonchev–Trinajstić information content (AvgIpc) is 2.79. The van der Waals surface area contributed by atoms with Gasteiger partial charge in [0.2, 0.25) is 0 Å². The maximum Gasteiger partial charge on any atom is 0.274 e. The van der Waals surface area contributed by atoms with Gasteiger partial charge in [-0.3, -0.25) is 19.6 Å². The SMILES string of the molecule is CCC1CCCCN1C(=O)c1ccnc(C(=O)Nc2cccc3cccnc23)c1. The first-order chi connectivity index (χ1) is 14.2. The van der Waals surface area contributed by atoms with Crippen LogP contribution in [-0.4, -0.2) is 39.3 Å². The third kappa shape index (κ3) is 3.97. The molecule has 0 bridgehead atoms. The van der Waals surface area contributed by atoms with Crippen molar-refractivity contribution in [2.45, 2.75) is 38.6 Å². The number of carbonyl (C=O) groups excluding carboxylic acids is 2. The Labute approximate surface area is 170 Å². The van der Waals surface area contributed by atoms with Crippen LogP contribution in [0.4, 0.5) is 5.69 Å². The first-order valence-corrected chi connectivity index (χ1v) is 10.1. The fraction of sp³-hybridized carbons (Fsp3) is 0.304. The van der Waals surface area contributed by atoms with E-state index in [4.69, 9.17) is 0 Å². The smallest absolute Gasteiger partial charge is 0.274 e. The monoisotopic (exact) mass is 388 g/mol. The normalized spacial score (nSPS) is 16.6. The number of carbonyl (C=O) groups is 2. The standard InChI is InChI=1S/C23H24N4O2/c1-2-18-9-3-4-14-27(18)23(29)17-11-13-24-20(15-17)22(28)26-19-10-5-7-16-8-6-12-25-21(16)19/h5-8,10-13,15,18H,2-4,9,14H2,1H3,(H,26,28). The number of aromatic nitrogens is 2. The Morgan fingerprint density at radius 1 is 1.10 bits per heavy atom. The number of nitrogens with zero attached hydrogens (tertiary/aromatic N) is 3. The molecule has 1 atom stereocenters. The van der Waals surface area contributed by atoms with Crippen LogP contribution in [0.15, 0.2) is 54.9 Å². The van der Waals surface area contributed by atoms with Crippen LogP contribution in [0.5, 0.6) is 0 Å². The molecule has 4 rings (SSSR count). The number of anilines is 1. The number of para-hydroxylation sites is 1. The molecule has 1 N–H and O–H groups in total. The fourth-order valence-corrected chi connectivity index (χ4v) is 3.94. The van der Waals surface area contributed by atoms with Gasteiger partial charge in [-0.1, -0.05) is 25.1 Å². The van der Waals surface area contributed by atoms with Gasteiger partial charge in [0.15, 0.2) is 0 Å². The topological polar surface area (TPSA) is 75.2 Å². The van der Waals surface area contributed by atoms with Gasteiger partial charge in [0.05, 0.1) is 11.2 Å². The Balaban J connectivity index is 1.56. The van der Waals surface area contributed by atoms with E-state index < -0.39 is 0 Å². The second-order valence-electron chi connectivity index (χ2n) is 7.32. The summed E-state index contributed by atoms with van der Waals surface area (Å²) < 4.78 is 0. The molecular weight excluding hydrogens is 364 g/mol. The summed E-state index contributed by atoms with van der Waals surface area (Å²) >= 11 is 0. The number of piperidine rings is 1.